The maximum absolute atomic E-state index is 6.29. The second kappa shape index (κ2) is 6.43. The van der Waals surface area contributed by atoms with Crippen LogP contribution in [0, 0.1) is 0 Å². The van der Waals surface area contributed by atoms with Gasteiger partial charge in [0.2, 0.25) is 5.89 Å². The second-order valence-electron chi connectivity index (χ2n) is 5.64. The van der Waals surface area contributed by atoms with Crippen LogP contribution in [0.15, 0.2) is 46.2 Å². The maximum Gasteiger partial charge on any atom is 0.257 e. The largest absolute Gasteiger partial charge is 0.418 e. The van der Waals surface area contributed by atoms with Crippen molar-refractivity contribution in [1.82, 2.24) is 15.1 Å². The van der Waals surface area contributed by atoms with E-state index in [0.717, 1.165) is 41.4 Å². The van der Waals surface area contributed by atoms with Gasteiger partial charge in [-0.05, 0) is 42.5 Å². The molecule has 4 nitrogen and oxygen atoms in total. The van der Waals surface area contributed by atoms with E-state index in [9.17, 15) is 0 Å². The molecule has 4 rings (SSSR count). The third kappa shape index (κ3) is 3.04. The van der Waals surface area contributed by atoms with E-state index in [1.807, 2.05) is 35.7 Å². The molecule has 0 bridgehead atoms. The first-order chi connectivity index (χ1) is 11.3. The maximum atomic E-state index is 6.29. The summed E-state index contributed by atoms with van der Waals surface area (Å²) < 4.78 is 5.92. The van der Waals surface area contributed by atoms with Crippen molar-refractivity contribution in [2.45, 2.75) is 25.4 Å². The van der Waals surface area contributed by atoms with Gasteiger partial charge in [0.25, 0.3) is 5.89 Å². The summed E-state index contributed by atoms with van der Waals surface area (Å²) in [6.45, 7) is 1.83. The number of aromatic nitrogens is 2. The van der Waals surface area contributed by atoms with Crippen LogP contribution in [0.1, 0.15) is 30.3 Å². The van der Waals surface area contributed by atoms with Gasteiger partial charge in [0.1, 0.15) is 0 Å². The molecule has 0 saturated carbocycles. The van der Waals surface area contributed by atoms with Crippen LogP contribution in [-0.2, 0) is 6.54 Å². The van der Waals surface area contributed by atoms with Crippen LogP contribution in [0.4, 0.5) is 0 Å². The molecule has 23 heavy (non-hydrogen) atoms. The summed E-state index contributed by atoms with van der Waals surface area (Å²) in [5.41, 5.74) is 1.14. The minimum absolute atomic E-state index is 0.174. The Balaban J connectivity index is 1.55. The van der Waals surface area contributed by atoms with Gasteiger partial charge in [-0.3, -0.25) is 4.90 Å². The summed E-state index contributed by atoms with van der Waals surface area (Å²) in [5.74, 6) is 1.32. The molecule has 0 N–H and O–H groups in total. The molecule has 0 radical (unpaired) electrons. The van der Waals surface area contributed by atoms with Crippen molar-refractivity contribution >= 4 is 22.9 Å². The minimum Gasteiger partial charge on any atom is -0.418 e. The normalized spacial score (nSPS) is 18.6. The minimum atomic E-state index is 0.174. The van der Waals surface area contributed by atoms with E-state index < -0.39 is 0 Å². The number of thiophene rings is 1. The SMILES string of the molecule is Clc1ccccc1CN1CCC[C@H]1c1nnc(-c2cccs2)o1. The number of halogens is 1. The fourth-order valence-corrected chi connectivity index (χ4v) is 3.85. The number of rotatable bonds is 4. The first-order valence-electron chi connectivity index (χ1n) is 7.66. The molecule has 2 aromatic heterocycles. The summed E-state index contributed by atoms with van der Waals surface area (Å²) in [6.07, 6.45) is 2.17. The Hall–Kier alpha value is -1.69. The molecule has 1 saturated heterocycles. The molecular formula is C17H16ClN3OS. The molecule has 118 valence electrons. The lowest BCUT2D eigenvalue weighted by molar-refractivity contribution is 0.215. The Morgan fingerprint density at radius 1 is 1.22 bits per heavy atom. The topological polar surface area (TPSA) is 42.2 Å². The zero-order valence-electron chi connectivity index (χ0n) is 12.5. The van der Waals surface area contributed by atoms with Crippen LogP contribution in [-0.4, -0.2) is 21.6 Å². The zero-order chi connectivity index (χ0) is 15.6. The summed E-state index contributed by atoms with van der Waals surface area (Å²) in [5, 5.41) is 11.3. The van der Waals surface area contributed by atoms with Gasteiger partial charge >= 0.3 is 0 Å². The Labute approximate surface area is 143 Å². The van der Waals surface area contributed by atoms with E-state index in [1.54, 1.807) is 11.3 Å². The van der Waals surface area contributed by atoms with E-state index in [2.05, 4.69) is 21.2 Å². The number of hydrogen-bond donors (Lipinski definition) is 0. The lowest BCUT2D eigenvalue weighted by atomic mass is 10.2. The van der Waals surface area contributed by atoms with Crippen molar-refractivity contribution in [3.63, 3.8) is 0 Å². The Morgan fingerprint density at radius 2 is 2.13 bits per heavy atom. The summed E-state index contributed by atoms with van der Waals surface area (Å²) >= 11 is 7.90. The van der Waals surface area contributed by atoms with Crippen LogP contribution in [0.25, 0.3) is 10.8 Å². The molecule has 0 amide bonds. The predicted octanol–water partition coefficient (Wildman–Crippen LogP) is 4.79. The molecular weight excluding hydrogens is 330 g/mol. The highest BCUT2D eigenvalue weighted by Gasteiger charge is 2.31. The highest BCUT2D eigenvalue weighted by molar-refractivity contribution is 7.13. The van der Waals surface area contributed by atoms with E-state index in [-0.39, 0.29) is 6.04 Å². The molecule has 0 spiro atoms. The number of hydrogen-bond acceptors (Lipinski definition) is 5. The lowest BCUT2D eigenvalue weighted by Gasteiger charge is -2.22. The van der Waals surface area contributed by atoms with Crippen LogP contribution in [0.3, 0.4) is 0 Å². The van der Waals surface area contributed by atoms with Crippen molar-refractivity contribution in [2.24, 2.45) is 0 Å². The van der Waals surface area contributed by atoms with E-state index in [4.69, 9.17) is 16.0 Å². The van der Waals surface area contributed by atoms with Gasteiger partial charge in [-0.15, -0.1) is 21.5 Å². The van der Waals surface area contributed by atoms with Crippen LogP contribution in [0.2, 0.25) is 5.02 Å². The fraction of sp³-hybridized carbons (Fsp3) is 0.294. The quantitative estimate of drug-likeness (QED) is 0.681. The molecule has 1 aromatic carbocycles. The predicted molar refractivity (Wildman–Crippen MR) is 91.4 cm³/mol. The summed E-state index contributed by atoms with van der Waals surface area (Å²) in [7, 11) is 0. The van der Waals surface area contributed by atoms with Crippen molar-refractivity contribution in [3.8, 4) is 10.8 Å². The van der Waals surface area contributed by atoms with Crippen LogP contribution in [0.5, 0.6) is 0 Å². The molecule has 0 aliphatic carbocycles. The molecule has 1 aliphatic rings. The average Bonchev–Trinajstić information content (AvgIpc) is 3.30. The Kier molecular flexibility index (Phi) is 4.16. The van der Waals surface area contributed by atoms with Crippen molar-refractivity contribution in [3.05, 3.63) is 58.3 Å². The molecule has 6 heteroatoms. The number of nitrogens with zero attached hydrogens (tertiary/aromatic N) is 3. The van der Waals surface area contributed by atoms with Gasteiger partial charge in [-0.25, -0.2) is 0 Å². The highest BCUT2D eigenvalue weighted by atomic mass is 35.5. The average molecular weight is 346 g/mol. The van der Waals surface area contributed by atoms with Gasteiger partial charge in [-0.2, -0.15) is 0 Å². The van der Waals surface area contributed by atoms with E-state index in [1.165, 1.54) is 0 Å². The Morgan fingerprint density at radius 3 is 2.96 bits per heavy atom. The van der Waals surface area contributed by atoms with E-state index >= 15 is 0 Å². The number of likely N-dealkylation sites (tertiary alicyclic amines) is 1. The van der Waals surface area contributed by atoms with Crippen molar-refractivity contribution < 1.29 is 4.42 Å². The smallest absolute Gasteiger partial charge is 0.257 e. The molecule has 3 aromatic rings. The first-order valence-corrected chi connectivity index (χ1v) is 8.92. The fourth-order valence-electron chi connectivity index (χ4n) is 3.01. The standard InChI is InChI=1S/C17H16ClN3OS/c18-13-6-2-1-5-12(13)11-21-9-3-7-14(21)16-19-20-17(22-16)15-8-4-10-23-15/h1-2,4-6,8,10,14H,3,7,9,11H2/t14-/m0/s1. The number of benzene rings is 1. The van der Waals surface area contributed by atoms with Crippen molar-refractivity contribution in [2.75, 3.05) is 6.54 Å². The molecule has 1 atom stereocenters. The van der Waals surface area contributed by atoms with Crippen LogP contribution >= 0.6 is 22.9 Å². The van der Waals surface area contributed by atoms with Crippen molar-refractivity contribution in [1.29, 1.82) is 0 Å². The molecule has 1 aliphatic heterocycles. The molecule has 0 unspecified atom stereocenters. The first kappa shape index (κ1) is 14.9. The molecule has 1 fully saturated rings. The Bertz CT molecular complexity index is 787. The summed E-state index contributed by atoms with van der Waals surface area (Å²) in [6, 6.07) is 12.1. The lowest BCUT2D eigenvalue weighted by Crippen LogP contribution is -2.23. The van der Waals surface area contributed by atoms with Gasteiger partial charge in [0.15, 0.2) is 0 Å². The monoisotopic (exact) mass is 345 g/mol. The van der Waals surface area contributed by atoms with Crippen LogP contribution < -0.4 is 0 Å². The summed E-state index contributed by atoms with van der Waals surface area (Å²) in [4.78, 5) is 3.38. The third-order valence-electron chi connectivity index (χ3n) is 4.15. The van der Waals surface area contributed by atoms with Gasteiger partial charge < -0.3 is 4.42 Å². The van der Waals surface area contributed by atoms with E-state index in [0.29, 0.717) is 11.8 Å². The zero-order valence-corrected chi connectivity index (χ0v) is 14.1. The molecule has 3 heterocycles. The third-order valence-corrected chi connectivity index (χ3v) is 5.38. The van der Waals surface area contributed by atoms with Gasteiger partial charge in [0, 0.05) is 11.6 Å². The van der Waals surface area contributed by atoms with Gasteiger partial charge in [0.05, 0.1) is 10.9 Å². The second-order valence-corrected chi connectivity index (χ2v) is 7.00. The van der Waals surface area contributed by atoms with Gasteiger partial charge in [-0.1, -0.05) is 35.9 Å². The highest BCUT2D eigenvalue weighted by Crippen LogP contribution is 2.35.